The van der Waals surface area contributed by atoms with E-state index >= 15 is 0 Å². The highest BCUT2D eigenvalue weighted by atomic mass is 19.1. The zero-order chi connectivity index (χ0) is 21.3. The second-order valence-electron chi connectivity index (χ2n) is 6.87. The Bertz CT molecular complexity index is 1170. The third-order valence-electron chi connectivity index (χ3n) is 4.82. The average Bonchev–Trinajstić information content (AvgIpc) is 2.98. The van der Waals surface area contributed by atoms with Crippen LogP contribution in [0.2, 0.25) is 0 Å². The van der Waals surface area contributed by atoms with Gasteiger partial charge in [-0.3, -0.25) is 9.59 Å². The van der Waals surface area contributed by atoms with Crippen LogP contribution in [0.15, 0.2) is 78.5 Å². The van der Waals surface area contributed by atoms with Crippen LogP contribution in [0.25, 0.3) is 5.57 Å². The molecule has 6 heteroatoms. The predicted molar refractivity (Wildman–Crippen MR) is 114 cm³/mol. The second kappa shape index (κ2) is 7.83. The molecular formula is C24H19FN2O3. The first-order valence-corrected chi connectivity index (χ1v) is 9.35. The Hall–Kier alpha value is -3.93. The molecule has 0 unspecified atom stereocenters. The van der Waals surface area contributed by atoms with E-state index in [1.165, 1.54) is 25.3 Å². The number of hydrogen-bond acceptors (Lipinski definition) is 4. The lowest BCUT2D eigenvalue weighted by Gasteiger charge is -2.19. The first-order valence-electron chi connectivity index (χ1n) is 9.35. The Kier molecular flexibility index (Phi) is 5.06. The number of imide groups is 1. The summed E-state index contributed by atoms with van der Waals surface area (Å²) in [5.74, 6) is -1.06. The minimum Gasteiger partial charge on any atom is -0.495 e. The predicted octanol–water partition coefficient (Wildman–Crippen LogP) is 4.54. The van der Waals surface area contributed by atoms with E-state index in [1.807, 2.05) is 19.1 Å². The van der Waals surface area contributed by atoms with Crippen molar-refractivity contribution >= 4 is 28.8 Å². The van der Waals surface area contributed by atoms with Gasteiger partial charge in [0, 0.05) is 5.69 Å². The fourth-order valence-electron chi connectivity index (χ4n) is 3.42. The zero-order valence-corrected chi connectivity index (χ0v) is 16.5. The number of rotatable bonds is 5. The Labute approximate surface area is 173 Å². The summed E-state index contributed by atoms with van der Waals surface area (Å²) in [5, 5.41) is 2.95. The molecule has 0 saturated heterocycles. The van der Waals surface area contributed by atoms with Gasteiger partial charge >= 0.3 is 0 Å². The van der Waals surface area contributed by atoms with Gasteiger partial charge in [-0.05, 0) is 48.4 Å². The molecule has 3 aromatic carbocycles. The second-order valence-corrected chi connectivity index (χ2v) is 6.87. The van der Waals surface area contributed by atoms with Gasteiger partial charge in [0.1, 0.15) is 17.3 Å². The molecule has 0 radical (unpaired) electrons. The Morgan fingerprint density at radius 3 is 2.37 bits per heavy atom. The van der Waals surface area contributed by atoms with E-state index in [4.69, 9.17) is 4.74 Å². The molecule has 0 spiro atoms. The van der Waals surface area contributed by atoms with Gasteiger partial charge in [-0.1, -0.05) is 42.5 Å². The fraction of sp³-hybridized carbons (Fsp3) is 0.0833. The summed E-state index contributed by atoms with van der Waals surface area (Å²) in [5.41, 5.74) is 2.49. The van der Waals surface area contributed by atoms with Crippen molar-refractivity contribution in [2.75, 3.05) is 17.3 Å². The summed E-state index contributed by atoms with van der Waals surface area (Å²) in [7, 11) is 1.48. The molecule has 4 rings (SSSR count). The largest absolute Gasteiger partial charge is 0.495 e. The van der Waals surface area contributed by atoms with E-state index in [1.54, 1.807) is 42.5 Å². The van der Waals surface area contributed by atoms with E-state index in [0.29, 0.717) is 22.7 Å². The van der Waals surface area contributed by atoms with Crippen molar-refractivity contribution in [1.82, 2.24) is 0 Å². The normalized spacial score (nSPS) is 13.8. The summed E-state index contributed by atoms with van der Waals surface area (Å²) < 4.78 is 19.1. The molecule has 0 aromatic heterocycles. The smallest absolute Gasteiger partial charge is 0.282 e. The highest BCUT2D eigenvalue weighted by molar-refractivity contribution is 6.46. The van der Waals surface area contributed by atoms with Crippen LogP contribution >= 0.6 is 0 Å². The molecule has 0 atom stereocenters. The molecule has 150 valence electrons. The van der Waals surface area contributed by atoms with Crippen molar-refractivity contribution < 1.29 is 18.7 Å². The number of methoxy groups -OCH3 is 1. The van der Waals surface area contributed by atoms with Crippen LogP contribution in [0.4, 0.5) is 15.8 Å². The van der Waals surface area contributed by atoms with Crippen LogP contribution in [-0.4, -0.2) is 18.9 Å². The third-order valence-corrected chi connectivity index (χ3v) is 4.82. The van der Waals surface area contributed by atoms with Crippen LogP contribution in [0.5, 0.6) is 5.75 Å². The van der Waals surface area contributed by atoms with Gasteiger partial charge in [-0.2, -0.15) is 0 Å². The zero-order valence-electron chi connectivity index (χ0n) is 16.5. The van der Waals surface area contributed by atoms with Crippen molar-refractivity contribution in [3.8, 4) is 5.75 Å². The fourth-order valence-corrected chi connectivity index (χ4v) is 3.42. The number of halogens is 1. The van der Waals surface area contributed by atoms with Crippen LogP contribution in [0.1, 0.15) is 11.1 Å². The molecule has 1 N–H and O–H groups in total. The maximum absolute atomic E-state index is 13.7. The molecule has 0 saturated carbocycles. The van der Waals surface area contributed by atoms with Crippen molar-refractivity contribution in [3.05, 3.63) is 95.4 Å². The lowest BCUT2D eigenvalue weighted by molar-refractivity contribution is -0.120. The Balaban J connectivity index is 1.85. The first-order chi connectivity index (χ1) is 14.5. The van der Waals surface area contributed by atoms with Gasteiger partial charge in [0.15, 0.2) is 0 Å². The molecule has 0 bridgehead atoms. The molecule has 2 amide bonds. The maximum atomic E-state index is 13.7. The van der Waals surface area contributed by atoms with Crippen molar-refractivity contribution in [3.63, 3.8) is 0 Å². The minimum absolute atomic E-state index is 0.0837. The molecule has 5 nitrogen and oxygen atoms in total. The number of hydrogen-bond donors (Lipinski definition) is 1. The van der Waals surface area contributed by atoms with Crippen LogP contribution in [0.3, 0.4) is 0 Å². The van der Waals surface area contributed by atoms with E-state index in [0.717, 1.165) is 10.5 Å². The van der Waals surface area contributed by atoms with Gasteiger partial charge in [-0.15, -0.1) is 0 Å². The topological polar surface area (TPSA) is 58.6 Å². The number of carbonyl (C=O) groups excluding carboxylic acids is 2. The number of carbonyl (C=O) groups is 2. The van der Waals surface area contributed by atoms with Gasteiger partial charge < -0.3 is 10.1 Å². The number of benzene rings is 3. The van der Waals surface area contributed by atoms with Crippen molar-refractivity contribution in [2.45, 2.75) is 6.92 Å². The van der Waals surface area contributed by atoms with E-state index in [2.05, 4.69) is 5.32 Å². The van der Waals surface area contributed by atoms with Crippen LogP contribution in [0, 0.1) is 12.7 Å². The van der Waals surface area contributed by atoms with Crippen molar-refractivity contribution in [2.24, 2.45) is 0 Å². The van der Waals surface area contributed by atoms with Gasteiger partial charge in [0.05, 0.1) is 18.4 Å². The van der Waals surface area contributed by atoms with E-state index < -0.39 is 17.6 Å². The standard InChI is InChI=1S/C24H19FN2O3/c1-15-11-12-20(30-2)19(13-15)27-23(28)21(16-7-4-3-5-8-16)22(24(27)29)26-18-10-6-9-17(25)14-18/h3-14,26H,1-2H3. The molecule has 3 aromatic rings. The molecule has 1 aliphatic rings. The maximum Gasteiger partial charge on any atom is 0.282 e. The highest BCUT2D eigenvalue weighted by Crippen LogP contribution is 2.38. The Morgan fingerprint density at radius 2 is 1.67 bits per heavy atom. The molecule has 0 fully saturated rings. The molecule has 30 heavy (non-hydrogen) atoms. The molecule has 1 heterocycles. The third kappa shape index (κ3) is 3.43. The Morgan fingerprint density at radius 1 is 0.900 bits per heavy atom. The van der Waals surface area contributed by atoms with Crippen LogP contribution in [-0.2, 0) is 9.59 Å². The summed E-state index contributed by atoms with van der Waals surface area (Å²) in [6, 6.07) is 19.9. The number of anilines is 2. The number of aryl methyl sites for hydroxylation is 1. The highest BCUT2D eigenvalue weighted by Gasteiger charge is 2.41. The molecule has 1 aliphatic heterocycles. The summed E-state index contributed by atoms with van der Waals surface area (Å²) in [6.07, 6.45) is 0. The number of nitrogens with one attached hydrogen (secondary N) is 1. The lowest BCUT2D eigenvalue weighted by Crippen LogP contribution is -2.32. The van der Waals surface area contributed by atoms with Gasteiger partial charge in [0.25, 0.3) is 11.8 Å². The van der Waals surface area contributed by atoms with E-state index in [-0.39, 0.29) is 11.3 Å². The lowest BCUT2D eigenvalue weighted by atomic mass is 10.0. The van der Waals surface area contributed by atoms with Gasteiger partial charge in [-0.25, -0.2) is 9.29 Å². The van der Waals surface area contributed by atoms with E-state index in [9.17, 15) is 14.0 Å². The quantitative estimate of drug-likeness (QED) is 0.637. The number of ether oxygens (including phenoxy) is 1. The summed E-state index contributed by atoms with van der Waals surface area (Å²) >= 11 is 0. The first kappa shape index (κ1) is 19.4. The summed E-state index contributed by atoms with van der Waals surface area (Å²) in [6.45, 7) is 1.87. The summed E-state index contributed by atoms with van der Waals surface area (Å²) in [4.78, 5) is 27.9. The van der Waals surface area contributed by atoms with Gasteiger partial charge in [0.2, 0.25) is 0 Å². The molecule has 0 aliphatic carbocycles. The SMILES string of the molecule is COc1ccc(C)cc1N1C(=O)C(Nc2cccc(F)c2)=C(c2ccccc2)C1=O. The molecular weight excluding hydrogens is 383 g/mol. The van der Waals surface area contributed by atoms with Crippen LogP contribution < -0.4 is 15.0 Å². The number of nitrogens with zero attached hydrogens (tertiary/aromatic N) is 1. The monoisotopic (exact) mass is 402 g/mol. The van der Waals surface area contributed by atoms with Crippen molar-refractivity contribution in [1.29, 1.82) is 0 Å². The minimum atomic E-state index is -0.535. The number of amides is 2. The average molecular weight is 402 g/mol.